The number of rotatable bonds is 6. The quantitative estimate of drug-likeness (QED) is 0.456. The van der Waals surface area contributed by atoms with Crippen molar-refractivity contribution in [2.75, 3.05) is 11.8 Å². The molecule has 31 heavy (non-hydrogen) atoms. The Bertz CT molecular complexity index is 1390. The lowest BCUT2D eigenvalue weighted by molar-refractivity contribution is 0.101. The molecule has 0 unspecified atom stereocenters. The highest BCUT2D eigenvalue weighted by Gasteiger charge is 2.18. The van der Waals surface area contributed by atoms with Crippen molar-refractivity contribution >= 4 is 27.1 Å². The second-order valence-corrected chi connectivity index (χ2v) is 8.88. The standard InChI is InChI=1S/C23H21N3O4S/c1-15-10-11-26-14-21(24-23(26)12-15)18-6-9-22(30-3)20(13-18)25-31(28,29)19-7-4-17(5-8-19)16(2)27/h4-14,25H,1-3H3. The van der Waals surface area contributed by atoms with Crippen molar-refractivity contribution < 1.29 is 17.9 Å². The number of carbonyl (C=O) groups is 1. The molecule has 0 radical (unpaired) electrons. The van der Waals surface area contributed by atoms with Gasteiger partial charge in [-0.15, -0.1) is 0 Å². The molecule has 0 fully saturated rings. The van der Waals surface area contributed by atoms with Crippen LogP contribution in [0.4, 0.5) is 5.69 Å². The number of sulfonamides is 1. The topological polar surface area (TPSA) is 89.8 Å². The number of carbonyl (C=O) groups excluding carboxylic acids is 1. The Morgan fingerprint density at radius 3 is 2.48 bits per heavy atom. The number of imidazole rings is 1. The number of nitrogens with zero attached hydrogens (tertiary/aromatic N) is 2. The van der Waals surface area contributed by atoms with Gasteiger partial charge in [0, 0.05) is 23.5 Å². The van der Waals surface area contributed by atoms with Crippen molar-refractivity contribution in [1.82, 2.24) is 9.38 Å². The lowest BCUT2D eigenvalue weighted by Crippen LogP contribution is -2.14. The summed E-state index contributed by atoms with van der Waals surface area (Å²) in [5.41, 5.74) is 4.10. The first kappa shape index (κ1) is 20.6. The van der Waals surface area contributed by atoms with Gasteiger partial charge in [0.05, 0.1) is 23.4 Å². The number of benzene rings is 2. The number of aromatic nitrogens is 2. The van der Waals surface area contributed by atoms with Gasteiger partial charge in [-0.3, -0.25) is 9.52 Å². The highest BCUT2D eigenvalue weighted by Crippen LogP contribution is 2.32. The average Bonchev–Trinajstić information content (AvgIpc) is 3.16. The van der Waals surface area contributed by atoms with Gasteiger partial charge in [0.1, 0.15) is 11.4 Å². The summed E-state index contributed by atoms with van der Waals surface area (Å²) in [7, 11) is -2.41. The molecule has 8 heteroatoms. The van der Waals surface area contributed by atoms with Gasteiger partial charge < -0.3 is 9.14 Å². The lowest BCUT2D eigenvalue weighted by Gasteiger charge is -2.13. The van der Waals surface area contributed by atoms with E-state index in [4.69, 9.17) is 4.74 Å². The molecule has 0 aliphatic heterocycles. The largest absolute Gasteiger partial charge is 0.495 e. The van der Waals surface area contributed by atoms with Crippen LogP contribution < -0.4 is 9.46 Å². The number of hydrogen-bond acceptors (Lipinski definition) is 5. The molecule has 2 aromatic carbocycles. The lowest BCUT2D eigenvalue weighted by atomic mass is 10.1. The molecule has 158 valence electrons. The summed E-state index contributed by atoms with van der Waals surface area (Å²) < 4.78 is 35.7. The van der Waals surface area contributed by atoms with Crippen LogP contribution in [0.25, 0.3) is 16.9 Å². The number of fused-ring (bicyclic) bond motifs is 1. The summed E-state index contributed by atoms with van der Waals surface area (Å²) in [5, 5.41) is 0. The second kappa shape index (κ2) is 7.88. The molecule has 0 amide bonds. The minimum atomic E-state index is -3.88. The van der Waals surface area contributed by atoms with Crippen LogP contribution in [0.1, 0.15) is 22.8 Å². The van der Waals surface area contributed by atoms with Crippen molar-refractivity contribution in [1.29, 1.82) is 0 Å². The first-order valence-corrected chi connectivity index (χ1v) is 11.0. The number of Topliss-reactive ketones (excluding diaryl/α,β-unsaturated/α-hetero) is 1. The van der Waals surface area contributed by atoms with E-state index in [0.717, 1.165) is 16.8 Å². The van der Waals surface area contributed by atoms with E-state index in [1.54, 1.807) is 12.1 Å². The smallest absolute Gasteiger partial charge is 0.262 e. The fourth-order valence-corrected chi connectivity index (χ4v) is 4.30. The van der Waals surface area contributed by atoms with E-state index in [2.05, 4.69) is 9.71 Å². The van der Waals surface area contributed by atoms with E-state index in [1.807, 2.05) is 41.9 Å². The van der Waals surface area contributed by atoms with Gasteiger partial charge in [0.25, 0.3) is 10.0 Å². The normalized spacial score (nSPS) is 11.5. The summed E-state index contributed by atoms with van der Waals surface area (Å²) in [6.07, 6.45) is 3.81. The average molecular weight is 436 g/mol. The Hall–Kier alpha value is -3.65. The number of aryl methyl sites for hydroxylation is 1. The van der Waals surface area contributed by atoms with Gasteiger partial charge >= 0.3 is 0 Å². The van der Waals surface area contributed by atoms with Gasteiger partial charge in [-0.1, -0.05) is 12.1 Å². The Morgan fingerprint density at radius 1 is 1.06 bits per heavy atom. The van der Waals surface area contributed by atoms with Gasteiger partial charge in [-0.25, -0.2) is 13.4 Å². The minimum Gasteiger partial charge on any atom is -0.495 e. The van der Waals surface area contributed by atoms with Gasteiger partial charge in [-0.2, -0.15) is 0 Å². The molecule has 2 heterocycles. The maximum Gasteiger partial charge on any atom is 0.262 e. The maximum atomic E-state index is 12.9. The minimum absolute atomic E-state index is 0.0492. The van der Waals surface area contributed by atoms with Crippen LogP contribution in [-0.2, 0) is 10.0 Å². The van der Waals surface area contributed by atoms with Crippen LogP contribution in [0.3, 0.4) is 0 Å². The number of ketones is 1. The number of pyridine rings is 1. The zero-order chi connectivity index (χ0) is 22.2. The van der Waals surface area contributed by atoms with E-state index in [1.165, 1.54) is 38.3 Å². The van der Waals surface area contributed by atoms with E-state index in [-0.39, 0.29) is 10.7 Å². The molecule has 2 aromatic heterocycles. The SMILES string of the molecule is COc1ccc(-c2cn3ccc(C)cc3n2)cc1NS(=O)(=O)c1ccc(C(C)=O)cc1. The molecule has 0 bridgehead atoms. The molecule has 7 nitrogen and oxygen atoms in total. The van der Waals surface area contributed by atoms with Gasteiger partial charge in [0.15, 0.2) is 5.78 Å². The summed E-state index contributed by atoms with van der Waals surface area (Å²) in [5.74, 6) is 0.251. The van der Waals surface area contributed by atoms with Crippen LogP contribution in [0.5, 0.6) is 5.75 Å². The van der Waals surface area contributed by atoms with Crippen molar-refractivity contribution in [3.8, 4) is 17.0 Å². The maximum absolute atomic E-state index is 12.9. The van der Waals surface area contributed by atoms with Crippen LogP contribution >= 0.6 is 0 Å². The van der Waals surface area contributed by atoms with E-state index >= 15 is 0 Å². The molecule has 0 atom stereocenters. The zero-order valence-electron chi connectivity index (χ0n) is 17.3. The molecule has 0 spiro atoms. The number of hydrogen-bond donors (Lipinski definition) is 1. The monoisotopic (exact) mass is 435 g/mol. The predicted molar refractivity (Wildman–Crippen MR) is 119 cm³/mol. The Morgan fingerprint density at radius 2 is 1.81 bits per heavy atom. The number of anilines is 1. The molecule has 0 saturated heterocycles. The second-order valence-electron chi connectivity index (χ2n) is 7.20. The first-order chi connectivity index (χ1) is 14.8. The van der Waals surface area contributed by atoms with Crippen molar-refractivity contribution in [2.24, 2.45) is 0 Å². The third kappa shape index (κ3) is 4.15. The van der Waals surface area contributed by atoms with E-state index in [0.29, 0.717) is 22.7 Å². The predicted octanol–water partition coefficient (Wildman–Crippen LogP) is 4.32. The molecule has 0 aliphatic carbocycles. The van der Waals surface area contributed by atoms with Crippen LogP contribution in [0.15, 0.2) is 71.9 Å². The fraction of sp³-hybridized carbons (Fsp3) is 0.130. The van der Waals surface area contributed by atoms with E-state index < -0.39 is 10.0 Å². The zero-order valence-corrected chi connectivity index (χ0v) is 18.1. The number of nitrogens with one attached hydrogen (secondary N) is 1. The van der Waals surface area contributed by atoms with Gasteiger partial charge in [0.2, 0.25) is 0 Å². The molecule has 1 N–H and O–H groups in total. The molecule has 4 aromatic rings. The number of methoxy groups -OCH3 is 1. The fourth-order valence-electron chi connectivity index (χ4n) is 3.24. The third-order valence-electron chi connectivity index (χ3n) is 4.93. The van der Waals surface area contributed by atoms with Gasteiger partial charge in [-0.05, 0) is 61.9 Å². The van der Waals surface area contributed by atoms with Crippen LogP contribution in [0.2, 0.25) is 0 Å². The molecular formula is C23H21N3O4S. The summed E-state index contributed by atoms with van der Waals surface area (Å²) in [6, 6.07) is 15.0. The molecular weight excluding hydrogens is 414 g/mol. The highest BCUT2D eigenvalue weighted by molar-refractivity contribution is 7.92. The molecule has 0 saturated carbocycles. The van der Waals surface area contributed by atoms with E-state index in [9.17, 15) is 13.2 Å². The van der Waals surface area contributed by atoms with Crippen LogP contribution in [0, 0.1) is 6.92 Å². The Balaban J connectivity index is 1.70. The first-order valence-electron chi connectivity index (χ1n) is 9.54. The third-order valence-corrected chi connectivity index (χ3v) is 6.31. The summed E-state index contributed by atoms with van der Waals surface area (Å²) in [6.45, 7) is 3.43. The van der Waals surface area contributed by atoms with Crippen LogP contribution in [-0.4, -0.2) is 30.7 Å². The Labute approximate surface area is 180 Å². The Kier molecular flexibility index (Phi) is 5.24. The van der Waals surface area contributed by atoms with Crippen molar-refractivity contribution in [3.63, 3.8) is 0 Å². The molecule has 0 aliphatic rings. The van der Waals surface area contributed by atoms with Crippen molar-refractivity contribution in [3.05, 3.63) is 78.1 Å². The summed E-state index contributed by atoms with van der Waals surface area (Å²) >= 11 is 0. The highest BCUT2D eigenvalue weighted by atomic mass is 32.2. The molecule has 4 rings (SSSR count). The van der Waals surface area contributed by atoms with Crippen molar-refractivity contribution in [2.45, 2.75) is 18.7 Å². The summed E-state index contributed by atoms with van der Waals surface area (Å²) in [4.78, 5) is 16.1. The number of ether oxygens (including phenoxy) is 1.